The van der Waals surface area contributed by atoms with Crippen LogP contribution in [-0.4, -0.2) is 30.9 Å². The number of nitrogens with zero attached hydrogens (tertiary/aromatic N) is 1. The molecule has 0 aromatic heterocycles. The molecule has 3 aliphatic rings. The van der Waals surface area contributed by atoms with Crippen molar-refractivity contribution in [2.75, 3.05) is 18.0 Å². The van der Waals surface area contributed by atoms with Gasteiger partial charge in [-0.1, -0.05) is 32.4 Å². The average molecular weight is 465 g/mol. The van der Waals surface area contributed by atoms with Crippen LogP contribution in [0.25, 0.3) is 0 Å². The van der Waals surface area contributed by atoms with E-state index < -0.39 is 0 Å². The first kappa shape index (κ1) is 24.6. The van der Waals surface area contributed by atoms with Crippen LogP contribution in [0.3, 0.4) is 0 Å². The van der Waals surface area contributed by atoms with Crippen molar-refractivity contribution >= 4 is 17.4 Å². The molecule has 1 aromatic carbocycles. The molecule has 34 heavy (non-hydrogen) atoms. The largest absolute Gasteiger partial charge is 0.459 e. The van der Waals surface area contributed by atoms with Crippen molar-refractivity contribution in [1.82, 2.24) is 5.32 Å². The second kappa shape index (κ2) is 9.97. The van der Waals surface area contributed by atoms with Crippen molar-refractivity contribution in [3.05, 3.63) is 52.4 Å². The number of allylic oxidation sites excluding steroid dienone is 3. The maximum Gasteiger partial charge on any atom is 0.337 e. The highest BCUT2D eigenvalue weighted by atomic mass is 16.5. The van der Waals surface area contributed by atoms with Crippen LogP contribution in [-0.2, 0) is 14.3 Å². The summed E-state index contributed by atoms with van der Waals surface area (Å²) in [7, 11) is 0. The van der Waals surface area contributed by atoms with Crippen LogP contribution < -0.4 is 10.2 Å². The van der Waals surface area contributed by atoms with Crippen molar-refractivity contribution in [3.8, 4) is 0 Å². The Bertz CT molecular complexity index is 993. The predicted molar refractivity (Wildman–Crippen MR) is 137 cm³/mol. The SMILES string of the molecule is CCN(CC)c1ccc([C@@H]2C(C(=O)OC3CCCCC3)=C(C)NC3=C2C(=O)CC(C)(C)C3)cc1. The van der Waals surface area contributed by atoms with E-state index in [0.29, 0.717) is 12.0 Å². The van der Waals surface area contributed by atoms with Crippen LogP contribution in [0.1, 0.15) is 91.0 Å². The summed E-state index contributed by atoms with van der Waals surface area (Å²) in [6, 6.07) is 8.40. The molecular formula is C29H40N2O3. The molecule has 0 radical (unpaired) electrons. The Morgan fingerprint density at radius 2 is 1.71 bits per heavy atom. The topological polar surface area (TPSA) is 58.6 Å². The maximum atomic E-state index is 13.6. The summed E-state index contributed by atoms with van der Waals surface area (Å²) < 4.78 is 6.03. The zero-order valence-corrected chi connectivity index (χ0v) is 21.5. The van der Waals surface area contributed by atoms with Gasteiger partial charge in [-0.3, -0.25) is 4.79 Å². The number of carbonyl (C=O) groups is 2. The molecule has 1 heterocycles. The molecule has 4 rings (SSSR count). The van der Waals surface area contributed by atoms with E-state index in [1.54, 1.807) is 0 Å². The number of esters is 1. The fourth-order valence-electron chi connectivity index (χ4n) is 5.90. The van der Waals surface area contributed by atoms with Crippen molar-refractivity contribution < 1.29 is 14.3 Å². The number of Topliss-reactive ketones (excluding diaryl/α,β-unsaturated/α-hetero) is 1. The number of rotatable bonds is 6. The number of ketones is 1. The number of carbonyl (C=O) groups excluding carboxylic acids is 2. The lowest BCUT2D eigenvalue weighted by atomic mass is 9.68. The summed E-state index contributed by atoms with van der Waals surface area (Å²) in [5, 5.41) is 3.45. The van der Waals surface area contributed by atoms with Crippen LogP contribution in [0.5, 0.6) is 0 Å². The summed E-state index contributed by atoms with van der Waals surface area (Å²) in [5.41, 5.74) is 5.14. The van der Waals surface area contributed by atoms with Gasteiger partial charge in [0.1, 0.15) is 6.10 Å². The van der Waals surface area contributed by atoms with Gasteiger partial charge in [0.15, 0.2) is 5.78 Å². The number of ether oxygens (including phenoxy) is 1. The van der Waals surface area contributed by atoms with Crippen LogP contribution in [0.15, 0.2) is 46.8 Å². The predicted octanol–water partition coefficient (Wildman–Crippen LogP) is 6.01. The van der Waals surface area contributed by atoms with Crippen molar-refractivity contribution in [2.45, 2.75) is 91.6 Å². The summed E-state index contributed by atoms with van der Waals surface area (Å²) >= 11 is 0. The maximum absolute atomic E-state index is 13.6. The van der Waals surface area contributed by atoms with E-state index in [0.717, 1.165) is 73.4 Å². The van der Waals surface area contributed by atoms with Crippen molar-refractivity contribution in [1.29, 1.82) is 0 Å². The normalized spacial score (nSPS) is 22.9. The van der Waals surface area contributed by atoms with E-state index in [1.807, 2.05) is 6.92 Å². The standard InChI is InChI=1S/C29H40N2O3/c1-6-31(7-2)21-15-13-20(14-16-21)26-25(28(33)34-22-11-9-8-10-12-22)19(3)30-23-17-29(4,5)18-24(32)27(23)26/h13-16,22,26,30H,6-12,17-18H2,1-5H3/t26-/m1/s1. The van der Waals surface area contributed by atoms with E-state index in [2.05, 4.69) is 62.2 Å². The Morgan fingerprint density at radius 1 is 1.06 bits per heavy atom. The number of anilines is 1. The summed E-state index contributed by atoms with van der Waals surface area (Å²) in [5.74, 6) is -0.535. The van der Waals surface area contributed by atoms with E-state index in [1.165, 1.54) is 6.42 Å². The Labute approximate surface area is 204 Å². The van der Waals surface area contributed by atoms with Crippen LogP contribution in [0.2, 0.25) is 0 Å². The van der Waals surface area contributed by atoms with Crippen LogP contribution in [0, 0.1) is 5.41 Å². The molecule has 0 spiro atoms. The molecule has 1 aliphatic heterocycles. The lowest BCUT2D eigenvalue weighted by Crippen LogP contribution is -2.39. The van der Waals surface area contributed by atoms with Gasteiger partial charge in [-0.15, -0.1) is 0 Å². The van der Waals surface area contributed by atoms with Gasteiger partial charge in [-0.2, -0.15) is 0 Å². The van der Waals surface area contributed by atoms with Gasteiger partial charge in [0.25, 0.3) is 0 Å². The summed E-state index contributed by atoms with van der Waals surface area (Å²) in [6.07, 6.45) is 6.53. The molecule has 1 N–H and O–H groups in total. The highest BCUT2D eigenvalue weighted by Gasteiger charge is 2.43. The monoisotopic (exact) mass is 464 g/mol. The smallest absolute Gasteiger partial charge is 0.337 e. The molecule has 1 aromatic rings. The summed E-state index contributed by atoms with van der Waals surface area (Å²) in [6.45, 7) is 12.4. The van der Waals surface area contributed by atoms with Crippen LogP contribution in [0.4, 0.5) is 5.69 Å². The Hall–Kier alpha value is -2.56. The first-order chi connectivity index (χ1) is 16.2. The molecule has 2 aliphatic carbocycles. The molecule has 5 nitrogen and oxygen atoms in total. The molecule has 1 atom stereocenters. The third kappa shape index (κ3) is 4.94. The quantitative estimate of drug-likeness (QED) is 0.522. The number of hydrogen-bond acceptors (Lipinski definition) is 5. The number of nitrogens with one attached hydrogen (secondary N) is 1. The van der Waals surface area contributed by atoms with Gasteiger partial charge in [0.05, 0.1) is 5.57 Å². The van der Waals surface area contributed by atoms with Gasteiger partial charge >= 0.3 is 5.97 Å². The molecule has 0 unspecified atom stereocenters. The fourth-order valence-corrected chi connectivity index (χ4v) is 5.90. The van der Waals surface area contributed by atoms with E-state index in [-0.39, 0.29) is 29.2 Å². The van der Waals surface area contributed by atoms with Gasteiger partial charge in [0, 0.05) is 48.1 Å². The van der Waals surface area contributed by atoms with Gasteiger partial charge < -0.3 is 15.0 Å². The molecule has 5 heteroatoms. The lowest BCUT2D eigenvalue weighted by molar-refractivity contribution is -0.146. The molecule has 1 saturated carbocycles. The minimum absolute atomic E-state index is 0.0244. The first-order valence-electron chi connectivity index (χ1n) is 13.0. The second-order valence-corrected chi connectivity index (χ2v) is 10.9. The highest BCUT2D eigenvalue weighted by molar-refractivity contribution is 6.04. The second-order valence-electron chi connectivity index (χ2n) is 10.9. The molecular weight excluding hydrogens is 424 g/mol. The number of dihydropyridines is 1. The zero-order chi connectivity index (χ0) is 24.5. The third-order valence-corrected chi connectivity index (χ3v) is 7.64. The fraction of sp³-hybridized carbons (Fsp3) is 0.586. The van der Waals surface area contributed by atoms with Gasteiger partial charge in [-0.05, 0) is 76.0 Å². The third-order valence-electron chi connectivity index (χ3n) is 7.64. The molecule has 0 saturated heterocycles. The minimum atomic E-state index is -0.387. The molecule has 0 bridgehead atoms. The Kier molecular flexibility index (Phi) is 7.20. The number of benzene rings is 1. The van der Waals surface area contributed by atoms with E-state index >= 15 is 0 Å². The molecule has 0 amide bonds. The van der Waals surface area contributed by atoms with Gasteiger partial charge in [0.2, 0.25) is 0 Å². The van der Waals surface area contributed by atoms with Crippen molar-refractivity contribution in [3.63, 3.8) is 0 Å². The minimum Gasteiger partial charge on any atom is -0.459 e. The van der Waals surface area contributed by atoms with Crippen LogP contribution >= 0.6 is 0 Å². The summed E-state index contributed by atoms with van der Waals surface area (Å²) in [4.78, 5) is 29.4. The number of hydrogen-bond donors (Lipinski definition) is 1. The van der Waals surface area contributed by atoms with Crippen molar-refractivity contribution in [2.24, 2.45) is 5.41 Å². The Morgan fingerprint density at radius 3 is 2.32 bits per heavy atom. The first-order valence-corrected chi connectivity index (χ1v) is 13.0. The Balaban J connectivity index is 1.74. The average Bonchev–Trinajstić information content (AvgIpc) is 2.79. The van der Waals surface area contributed by atoms with E-state index in [9.17, 15) is 9.59 Å². The highest BCUT2D eigenvalue weighted by Crippen LogP contribution is 2.47. The molecule has 184 valence electrons. The van der Waals surface area contributed by atoms with Gasteiger partial charge in [-0.25, -0.2) is 4.79 Å². The molecule has 1 fully saturated rings. The lowest BCUT2D eigenvalue weighted by Gasteiger charge is -2.39. The van der Waals surface area contributed by atoms with E-state index in [4.69, 9.17) is 4.74 Å². The zero-order valence-electron chi connectivity index (χ0n) is 21.5.